The van der Waals surface area contributed by atoms with Crippen molar-refractivity contribution in [2.45, 2.75) is 39.7 Å². The lowest BCUT2D eigenvalue weighted by Crippen LogP contribution is -2.25. The highest BCUT2D eigenvalue weighted by Crippen LogP contribution is 2.29. The fourth-order valence-corrected chi connectivity index (χ4v) is 3.36. The zero-order valence-electron chi connectivity index (χ0n) is 13.1. The molecule has 6 nitrogen and oxygen atoms in total. The Morgan fingerprint density at radius 2 is 1.95 bits per heavy atom. The molecular formula is C15H18N4O2S. The quantitative estimate of drug-likeness (QED) is 0.935. The van der Waals surface area contributed by atoms with Crippen LogP contribution in [0.5, 0.6) is 0 Å². The maximum absolute atomic E-state index is 12.4. The van der Waals surface area contributed by atoms with Gasteiger partial charge in [0, 0.05) is 13.1 Å². The standard InChI is InChI=1S/C15H18N4O2S/c1-7-8(2)18-19(4)15(21)11(7)14-16-9(3)12(22-14)13(20)17-10-5-6-10/h10H,5-6H2,1-4H3,(H,17,20). The first-order valence-corrected chi connectivity index (χ1v) is 8.03. The minimum absolute atomic E-state index is 0.0935. The normalized spacial score (nSPS) is 14.2. The highest BCUT2D eigenvalue weighted by atomic mass is 32.1. The summed E-state index contributed by atoms with van der Waals surface area (Å²) in [5, 5.41) is 7.72. The van der Waals surface area contributed by atoms with Crippen LogP contribution in [-0.4, -0.2) is 26.7 Å². The lowest BCUT2D eigenvalue weighted by molar-refractivity contribution is 0.0954. The van der Waals surface area contributed by atoms with Crippen molar-refractivity contribution in [3.05, 3.63) is 32.2 Å². The van der Waals surface area contributed by atoms with Gasteiger partial charge in [-0.2, -0.15) is 5.10 Å². The van der Waals surface area contributed by atoms with E-state index in [9.17, 15) is 9.59 Å². The smallest absolute Gasteiger partial charge is 0.277 e. The van der Waals surface area contributed by atoms with Gasteiger partial charge in [-0.1, -0.05) is 0 Å². The summed E-state index contributed by atoms with van der Waals surface area (Å²) in [6.45, 7) is 5.52. The molecule has 0 radical (unpaired) electrons. The molecule has 1 fully saturated rings. The highest BCUT2D eigenvalue weighted by molar-refractivity contribution is 7.17. The molecule has 1 aliphatic carbocycles. The fraction of sp³-hybridized carbons (Fsp3) is 0.467. The van der Waals surface area contributed by atoms with Gasteiger partial charge < -0.3 is 5.32 Å². The van der Waals surface area contributed by atoms with E-state index in [1.54, 1.807) is 14.0 Å². The van der Waals surface area contributed by atoms with Crippen molar-refractivity contribution in [1.82, 2.24) is 20.1 Å². The van der Waals surface area contributed by atoms with Gasteiger partial charge in [0.1, 0.15) is 9.88 Å². The molecule has 0 saturated heterocycles. The van der Waals surface area contributed by atoms with Crippen LogP contribution < -0.4 is 10.9 Å². The Labute approximate surface area is 132 Å². The summed E-state index contributed by atoms with van der Waals surface area (Å²) in [7, 11) is 1.62. The van der Waals surface area contributed by atoms with Crippen LogP contribution in [0.3, 0.4) is 0 Å². The van der Waals surface area contributed by atoms with Gasteiger partial charge in [0.05, 0.1) is 17.0 Å². The largest absolute Gasteiger partial charge is 0.349 e. The number of rotatable bonds is 3. The van der Waals surface area contributed by atoms with Crippen LogP contribution in [0.4, 0.5) is 0 Å². The van der Waals surface area contributed by atoms with Gasteiger partial charge in [0.2, 0.25) is 0 Å². The summed E-state index contributed by atoms with van der Waals surface area (Å²) in [6.07, 6.45) is 2.08. The third-order valence-corrected chi connectivity index (χ3v) is 5.03. The van der Waals surface area contributed by atoms with E-state index in [0.29, 0.717) is 27.2 Å². The molecule has 1 amide bonds. The minimum atomic E-state index is -0.189. The molecule has 22 heavy (non-hydrogen) atoms. The Hall–Kier alpha value is -2.02. The summed E-state index contributed by atoms with van der Waals surface area (Å²) in [6, 6.07) is 0.301. The van der Waals surface area contributed by atoms with E-state index in [4.69, 9.17) is 0 Å². The fourth-order valence-electron chi connectivity index (χ4n) is 2.29. The third kappa shape index (κ3) is 2.56. The second-order valence-electron chi connectivity index (χ2n) is 5.70. The molecule has 0 bridgehead atoms. The molecule has 1 aliphatic rings. The topological polar surface area (TPSA) is 76.9 Å². The van der Waals surface area contributed by atoms with Crippen molar-refractivity contribution >= 4 is 17.2 Å². The maximum Gasteiger partial charge on any atom is 0.277 e. The molecule has 2 heterocycles. The van der Waals surface area contributed by atoms with Crippen molar-refractivity contribution in [3.63, 3.8) is 0 Å². The lowest BCUT2D eigenvalue weighted by Gasteiger charge is -2.07. The Morgan fingerprint density at radius 1 is 1.27 bits per heavy atom. The Bertz CT molecular complexity index is 818. The highest BCUT2D eigenvalue weighted by Gasteiger charge is 2.27. The van der Waals surface area contributed by atoms with Crippen LogP contribution >= 0.6 is 11.3 Å². The first-order valence-electron chi connectivity index (χ1n) is 7.21. The molecular weight excluding hydrogens is 300 g/mol. The zero-order chi connectivity index (χ0) is 16.0. The molecule has 116 valence electrons. The van der Waals surface area contributed by atoms with Crippen LogP contribution in [0.15, 0.2) is 4.79 Å². The van der Waals surface area contributed by atoms with Gasteiger partial charge in [0.15, 0.2) is 0 Å². The Morgan fingerprint density at radius 3 is 2.59 bits per heavy atom. The van der Waals surface area contributed by atoms with Crippen LogP contribution in [0, 0.1) is 20.8 Å². The molecule has 3 rings (SSSR count). The van der Waals surface area contributed by atoms with Gasteiger partial charge in [-0.25, -0.2) is 9.67 Å². The summed E-state index contributed by atoms with van der Waals surface area (Å²) in [4.78, 5) is 29.6. The van der Waals surface area contributed by atoms with E-state index in [2.05, 4.69) is 15.4 Å². The molecule has 0 atom stereocenters. The molecule has 0 aliphatic heterocycles. The predicted molar refractivity (Wildman–Crippen MR) is 85.3 cm³/mol. The molecule has 0 aromatic carbocycles. The van der Waals surface area contributed by atoms with Crippen LogP contribution in [0.2, 0.25) is 0 Å². The number of aryl methyl sites for hydroxylation is 3. The number of carbonyl (C=O) groups excluding carboxylic acids is 1. The molecule has 2 aromatic heterocycles. The number of hydrogen-bond donors (Lipinski definition) is 1. The van der Waals surface area contributed by atoms with Crippen molar-refractivity contribution in [2.75, 3.05) is 0 Å². The van der Waals surface area contributed by atoms with Crippen LogP contribution in [0.1, 0.15) is 39.5 Å². The molecule has 0 spiro atoms. The summed E-state index contributed by atoms with van der Waals surface area (Å²) < 4.78 is 1.32. The number of thiazole rings is 1. The van der Waals surface area contributed by atoms with Crippen LogP contribution in [0.25, 0.3) is 10.6 Å². The van der Waals surface area contributed by atoms with Gasteiger partial charge >= 0.3 is 0 Å². The zero-order valence-corrected chi connectivity index (χ0v) is 13.9. The first kappa shape index (κ1) is 14.9. The average molecular weight is 318 g/mol. The number of amides is 1. The monoisotopic (exact) mass is 318 g/mol. The summed E-state index contributed by atoms with van der Waals surface area (Å²) >= 11 is 1.27. The van der Waals surface area contributed by atoms with E-state index in [1.165, 1.54) is 16.0 Å². The van der Waals surface area contributed by atoms with Crippen molar-refractivity contribution in [3.8, 4) is 10.6 Å². The number of carbonyl (C=O) groups is 1. The molecule has 0 unspecified atom stereocenters. The molecule has 7 heteroatoms. The molecule has 1 N–H and O–H groups in total. The van der Waals surface area contributed by atoms with Crippen LogP contribution in [-0.2, 0) is 7.05 Å². The third-order valence-electron chi connectivity index (χ3n) is 3.85. The van der Waals surface area contributed by atoms with Crippen molar-refractivity contribution < 1.29 is 4.79 Å². The average Bonchev–Trinajstić information content (AvgIpc) is 3.18. The van der Waals surface area contributed by atoms with E-state index in [-0.39, 0.29) is 11.5 Å². The number of hydrogen-bond acceptors (Lipinski definition) is 5. The summed E-state index contributed by atoms with van der Waals surface area (Å²) in [5.41, 5.74) is 2.61. The lowest BCUT2D eigenvalue weighted by atomic mass is 10.1. The first-order chi connectivity index (χ1) is 10.4. The number of aromatic nitrogens is 3. The Balaban J connectivity index is 2.07. The second kappa shape index (κ2) is 5.31. The van der Waals surface area contributed by atoms with E-state index >= 15 is 0 Å². The van der Waals surface area contributed by atoms with Gasteiger partial charge in [-0.05, 0) is 39.2 Å². The SMILES string of the molecule is Cc1nc(-c2c(C)c(C)nn(C)c2=O)sc1C(=O)NC1CC1. The molecule has 2 aromatic rings. The second-order valence-corrected chi connectivity index (χ2v) is 6.69. The van der Waals surface area contributed by atoms with E-state index in [0.717, 1.165) is 24.1 Å². The van der Waals surface area contributed by atoms with Gasteiger partial charge in [-0.15, -0.1) is 11.3 Å². The molecule has 1 saturated carbocycles. The number of nitrogens with zero attached hydrogens (tertiary/aromatic N) is 3. The van der Waals surface area contributed by atoms with E-state index < -0.39 is 0 Å². The van der Waals surface area contributed by atoms with Crippen molar-refractivity contribution in [1.29, 1.82) is 0 Å². The minimum Gasteiger partial charge on any atom is -0.349 e. The number of nitrogens with one attached hydrogen (secondary N) is 1. The van der Waals surface area contributed by atoms with Gasteiger partial charge in [-0.3, -0.25) is 9.59 Å². The van der Waals surface area contributed by atoms with Crippen molar-refractivity contribution in [2.24, 2.45) is 7.05 Å². The summed E-state index contributed by atoms with van der Waals surface area (Å²) in [5.74, 6) is -0.0935. The van der Waals surface area contributed by atoms with E-state index in [1.807, 2.05) is 13.8 Å². The van der Waals surface area contributed by atoms with Gasteiger partial charge in [0.25, 0.3) is 11.5 Å². The maximum atomic E-state index is 12.4. The Kier molecular flexibility index (Phi) is 3.60. The predicted octanol–water partition coefficient (Wildman–Crippen LogP) is 1.72.